The Balaban J connectivity index is 2.13. The van der Waals surface area contributed by atoms with Gasteiger partial charge in [0.2, 0.25) is 0 Å². The van der Waals surface area contributed by atoms with E-state index in [0.29, 0.717) is 11.8 Å². The Hall–Kier alpha value is -1.18. The van der Waals surface area contributed by atoms with Gasteiger partial charge in [-0.15, -0.1) is 0 Å². The molecule has 1 aliphatic carbocycles. The number of anilines is 1. The van der Waals surface area contributed by atoms with Crippen LogP contribution < -0.4 is 4.90 Å². The Bertz CT molecular complexity index is 345. The highest BCUT2D eigenvalue weighted by Gasteiger charge is 2.22. The van der Waals surface area contributed by atoms with Gasteiger partial charge in [-0.05, 0) is 31.4 Å². The predicted molar refractivity (Wildman–Crippen MR) is 72.6 cm³/mol. The minimum atomic E-state index is 0.377. The average Bonchev–Trinajstić information content (AvgIpc) is 2.83. The fourth-order valence-electron chi connectivity index (χ4n) is 2.74. The summed E-state index contributed by atoms with van der Waals surface area (Å²) in [6.45, 7) is 3.35. The Morgan fingerprint density at radius 1 is 1.29 bits per heavy atom. The van der Waals surface area contributed by atoms with E-state index in [1.807, 2.05) is 12.1 Å². The number of rotatable bonds is 5. The van der Waals surface area contributed by atoms with Crippen LogP contribution in [0.15, 0.2) is 24.3 Å². The lowest BCUT2D eigenvalue weighted by atomic mass is 10.1. The van der Waals surface area contributed by atoms with Crippen LogP contribution in [-0.4, -0.2) is 17.7 Å². The van der Waals surface area contributed by atoms with Crippen LogP contribution in [0.3, 0.4) is 0 Å². The maximum atomic E-state index is 9.60. The van der Waals surface area contributed by atoms with Gasteiger partial charge in [-0.25, -0.2) is 0 Å². The van der Waals surface area contributed by atoms with Gasteiger partial charge in [-0.3, -0.25) is 0 Å². The molecule has 2 rings (SSSR count). The Morgan fingerprint density at radius 2 is 2.06 bits per heavy atom. The summed E-state index contributed by atoms with van der Waals surface area (Å²) >= 11 is 0. The smallest absolute Gasteiger partial charge is 0.117 e. The van der Waals surface area contributed by atoms with Gasteiger partial charge in [-0.2, -0.15) is 0 Å². The van der Waals surface area contributed by atoms with Crippen molar-refractivity contribution < 1.29 is 5.11 Å². The van der Waals surface area contributed by atoms with Crippen molar-refractivity contribution in [2.24, 2.45) is 0 Å². The van der Waals surface area contributed by atoms with E-state index in [-0.39, 0.29) is 0 Å². The van der Waals surface area contributed by atoms with Gasteiger partial charge in [0.15, 0.2) is 0 Å². The van der Waals surface area contributed by atoms with E-state index >= 15 is 0 Å². The SMILES string of the molecule is CCCCN(c1cccc(O)c1)C1CCCC1. The molecule has 94 valence electrons. The summed E-state index contributed by atoms with van der Waals surface area (Å²) in [5.41, 5.74) is 1.19. The molecule has 1 saturated carbocycles. The summed E-state index contributed by atoms with van der Waals surface area (Å²) in [6, 6.07) is 8.39. The summed E-state index contributed by atoms with van der Waals surface area (Å²) in [7, 11) is 0. The number of unbranched alkanes of at least 4 members (excludes halogenated alkanes) is 1. The van der Waals surface area contributed by atoms with Gasteiger partial charge in [0, 0.05) is 24.3 Å². The first-order valence-electron chi connectivity index (χ1n) is 6.87. The van der Waals surface area contributed by atoms with Crippen LogP contribution >= 0.6 is 0 Å². The Morgan fingerprint density at radius 3 is 2.71 bits per heavy atom. The molecule has 0 bridgehead atoms. The third-order valence-electron chi connectivity index (χ3n) is 3.68. The lowest BCUT2D eigenvalue weighted by molar-refractivity contribution is 0.474. The highest BCUT2D eigenvalue weighted by atomic mass is 16.3. The molecule has 0 saturated heterocycles. The number of benzene rings is 1. The van der Waals surface area contributed by atoms with Gasteiger partial charge in [0.1, 0.15) is 5.75 Å². The van der Waals surface area contributed by atoms with Crippen molar-refractivity contribution in [2.75, 3.05) is 11.4 Å². The average molecular weight is 233 g/mol. The zero-order valence-electron chi connectivity index (χ0n) is 10.7. The molecular weight excluding hydrogens is 210 g/mol. The molecule has 2 heteroatoms. The molecule has 0 radical (unpaired) electrons. The van der Waals surface area contributed by atoms with Crippen molar-refractivity contribution in [3.63, 3.8) is 0 Å². The van der Waals surface area contributed by atoms with Crippen molar-refractivity contribution in [3.8, 4) is 5.75 Å². The molecule has 1 N–H and O–H groups in total. The summed E-state index contributed by atoms with van der Waals surface area (Å²) in [5.74, 6) is 0.377. The van der Waals surface area contributed by atoms with Crippen LogP contribution in [0.1, 0.15) is 45.4 Å². The maximum absolute atomic E-state index is 9.60. The first-order valence-corrected chi connectivity index (χ1v) is 6.87. The number of hydrogen-bond acceptors (Lipinski definition) is 2. The van der Waals surface area contributed by atoms with Crippen molar-refractivity contribution >= 4 is 5.69 Å². The van der Waals surface area contributed by atoms with Crippen molar-refractivity contribution in [1.29, 1.82) is 0 Å². The molecule has 1 fully saturated rings. The third kappa shape index (κ3) is 3.15. The van der Waals surface area contributed by atoms with Gasteiger partial charge >= 0.3 is 0 Å². The second-order valence-corrected chi connectivity index (χ2v) is 5.01. The van der Waals surface area contributed by atoms with Crippen LogP contribution in [0.25, 0.3) is 0 Å². The fraction of sp³-hybridized carbons (Fsp3) is 0.600. The molecule has 17 heavy (non-hydrogen) atoms. The molecule has 1 aliphatic rings. The van der Waals surface area contributed by atoms with Gasteiger partial charge in [0.25, 0.3) is 0 Å². The molecule has 1 aromatic carbocycles. The molecule has 0 aromatic heterocycles. The predicted octanol–water partition coefficient (Wildman–Crippen LogP) is 3.94. The highest BCUT2D eigenvalue weighted by molar-refractivity contribution is 5.51. The fourth-order valence-corrected chi connectivity index (χ4v) is 2.74. The molecule has 0 heterocycles. The van der Waals surface area contributed by atoms with E-state index in [1.54, 1.807) is 6.07 Å². The lowest BCUT2D eigenvalue weighted by Crippen LogP contribution is -2.34. The monoisotopic (exact) mass is 233 g/mol. The minimum Gasteiger partial charge on any atom is -0.508 e. The number of nitrogens with zero attached hydrogens (tertiary/aromatic N) is 1. The van der Waals surface area contributed by atoms with Crippen LogP contribution in [0, 0.1) is 0 Å². The van der Waals surface area contributed by atoms with Gasteiger partial charge in [-0.1, -0.05) is 32.3 Å². The molecule has 0 spiro atoms. The Labute approximate surface area is 104 Å². The Kier molecular flexibility index (Phi) is 4.29. The van der Waals surface area contributed by atoms with E-state index in [9.17, 15) is 5.11 Å². The summed E-state index contributed by atoms with van der Waals surface area (Å²) in [4.78, 5) is 2.50. The number of hydrogen-bond donors (Lipinski definition) is 1. The molecule has 1 aromatic rings. The normalized spacial score (nSPS) is 16.3. The minimum absolute atomic E-state index is 0.377. The summed E-state index contributed by atoms with van der Waals surface area (Å²) in [6.07, 6.45) is 7.77. The van der Waals surface area contributed by atoms with Crippen molar-refractivity contribution in [3.05, 3.63) is 24.3 Å². The molecule has 0 aliphatic heterocycles. The van der Waals surface area contributed by atoms with Crippen molar-refractivity contribution in [2.45, 2.75) is 51.5 Å². The highest BCUT2D eigenvalue weighted by Crippen LogP contribution is 2.30. The molecular formula is C15H23NO. The first-order chi connectivity index (χ1) is 8.31. The third-order valence-corrected chi connectivity index (χ3v) is 3.68. The van der Waals surface area contributed by atoms with Gasteiger partial charge in [0.05, 0.1) is 0 Å². The topological polar surface area (TPSA) is 23.5 Å². The zero-order valence-corrected chi connectivity index (χ0v) is 10.7. The van der Waals surface area contributed by atoms with E-state index in [0.717, 1.165) is 6.54 Å². The van der Waals surface area contributed by atoms with Crippen LogP contribution in [0.2, 0.25) is 0 Å². The van der Waals surface area contributed by atoms with Crippen LogP contribution in [0.5, 0.6) is 5.75 Å². The van der Waals surface area contributed by atoms with Crippen molar-refractivity contribution in [1.82, 2.24) is 0 Å². The first kappa shape index (κ1) is 12.3. The van der Waals surface area contributed by atoms with Crippen LogP contribution in [-0.2, 0) is 0 Å². The summed E-state index contributed by atoms with van der Waals surface area (Å²) < 4.78 is 0. The second-order valence-electron chi connectivity index (χ2n) is 5.01. The number of phenolic OH excluding ortho intramolecular Hbond substituents is 1. The van der Waals surface area contributed by atoms with E-state index in [2.05, 4.69) is 17.9 Å². The second kappa shape index (κ2) is 5.95. The lowest BCUT2D eigenvalue weighted by Gasteiger charge is -2.31. The summed E-state index contributed by atoms with van der Waals surface area (Å²) in [5, 5.41) is 9.60. The van der Waals surface area contributed by atoms with E-state index in [1.165, 1.54) is 44.2 Å². The van der Waals surface area contributed by atoms with E-state index < -0.39 is 0 Å². The van der Waals surface area contributed by atoms with Gasteiger partial charge < -0.3 is 10.0 Å². The number of phenols is 1. The molecule has 0 unspecified atom stereocenters. The molecule has 0 amide bonds. The van der Waals surface area contributed by atoms with E-state index in [4.69, 9.17) is 0 Å². The molecule has 0 atom stereocenters. The largest absolute Gasteiger partial charge is 0.508 e. The zero-order chi connectivity index (χ0) is 12.1. The maximum Gasteiger partial charge on any atom is 0.117 e. The molecule has 2 nitrogen and oxygen atoms in total. The number of aromatic hydroxyl groups is 1. The standard InChI is InChI=1S/C15H23NO/c1-2-3-11-16(13-7-4-5-8-13)14-9-6-10-15(17)12-14/h6,9-10,12-13,17H,2-5,7-8,11H2,1H3. The van der Waals surface area contributed by atoms with Crippen LogP contribution in [0.4, 0.5) is 5.69 Å². The quantitative estimate of drug-likeness (QED) is 0.832.